The highest BCUT2D eigenvalue weighted by molar-refractivity contribution is 6.56. The lowest BCUT2D eigenvalue weighted by Gasteiger charge is -2.10. The maximum Gasteiger partial charge on any atom is 0.235 e. The molecule has 0 aliphatic rings. The normalized spacial score (nSPS) is 10.2. The smallest absolute Gasteiger partial charge is 0.235 e. The molecule has 0 aliphatic heterocycles. The maximum atomic E-state index is 9.27. The molecule has 0 atom stereocenters. The first-order valence-corrected chi connectivity index (χ1v) is 9.32. The van der Waals surface area contributed by atoms with Gasteiger partial charge < -0.3 is 14.2 Å². The van der Waals surface area contributed by atoms with Crippen molar-refractivity contribution in [3.63, 3.8) is 0 Å². The van der Waals surface area contributed by atoms with E-state index in [9.17, 15) is 5.26 Å². The highest BCUT2D eigenvalue weighted by atomic mass is 35.5. The quantitative estimate of drug-likeness (QED) is 0.434. The Hall–Kier alpha value is -3.14. The number of hydrogen-bond donors (Lipinski definition) is 0. The predicted molar refractivity (Wildman–Crippen MR) is 111 cm³/mol. The van der Waals surface area contributed by atoms with E-state index in [1.54, 1.807) is 69.4 Å². The standard InChI is InChI=1S/C21H17Cl2N3O3/c1-13-19(12-24)21(26(3)25-13)29-18-10-8-17(9-11-18)28-16-6-4-15(5-7-16)27-14(2)20(22)23/h4-11H,1-3H3. The zero-order valence-corrected chi connectivity index (χ0v) is 17.5. The van der Waals surface area contributed by atoms with Crippen LogP contribution in [0.2, 0.25) is 0 Å². The van der Waals surface area contributed by atoms with Crippen molar-refractivity contribution in [3.05, 3.63) is 70.0 Å². The van der Waals surface area contributed by atoms with Crippen LogP contribution in [-0.2, 0) is 7.05 Å². The fourth-order valence-electron chi connectivity index (χ4n) is 2.50. The van der Waals surface area contributed by atoms with E-state index in [-0.39, 0.29) is 4.49 Å². The third-order valence-electron chi connectivity index (χ3n) is 3.92. The molecule has 0 bridgehead atoms. The number of hydrogen-bond acceptors (Lipinski definition) is 5. The topological polar surface area (TPSA) is 69.3 Å². The monoisotopic (exact) mass is 429 g/mol. The number of benzene rings is 2. The van der Waals surface area contributed by atoms with E-state index in [1.165, 1.54) is 4.68 Å². The van der Waals surface area contributed by atoms with Gasteiger partial charge in [-0.3, -0.25) is 0 Å². The second kappa shape index (κ2) is 8.91. The van der Waals surface area contributed by atoms with Crippen LogP contribution in [0.5, 0.6) is 28.9 Å². The van der Waals surface area contributed by atoms with E-state index >= 15 is 0 Å². The van der Waals surface area contributed by atoms with Gasteiger partial charge in [0.1, 0.15) is 44.9 Å². The minimum atomic E-state index is 0.0795. The Bertz CT molecular complexity index is 1080. The van der Waals surface area contributed by atoms with Crippen molar-refractivity contribution in [1.29, 1.82) is 5.26 Å². The molecule has 3 rings (SSSR count). The number of aryl methyl sites for hydroxylation is 2. The van der Waals surface area contributed by atoms with E-state index in [0.29, 0.717) is 45.9 Å². The molecule has 0 amide bonds. The number of ether oxygens (including phenoxy) is 3. The molecule has 0 radical (unpaired) electrons. The average Bonchev–Trinajstić information content (AvgIpc) is 2.97. The predicted octanol–water partition coefficient (Wildman–Crippen LogP) is 6.23. The average molecular weight is 430 g/mol. The Morgan fingerprint density at radius 1 is 0.931 bits per heavy atom. The van der Waals surface area contributed by atoms with Crippen molar-refractivity contribution in [1.82, 2.24) is 9.78 Å². The van der Waals surface area contributed by atoms with E-state index in [4.69, 9.17) is 37.4 Å². The summed E-state index contributed by atoms with van der Waals surface area (Å²) in [6.07, 6.45) is 0. The van der Waals surface area contributed by atoms with Gasteiger partial charge in [0.05, 0.1) is 5.69 Å². The summed E-state index contributed by atoms with van der Waals surface area (Å²) in [4.78, 5) is 0. The van der Waals surface area contributed by atoms with Crippen LogP contribution in [0.25, 0.3) is 0 Å². The fourth-order valence-corrected chi connectivity index (χ4v) is 2.57. The Morgan fingerprint density at radius 2 is 1.41 bits per heavy atom. The van der Waals surface area contributed by atoms with Gasteiger partial charge in [0.2, 0.25) is 5.88 Å². The summed E-state index contributed by atoms with van der Waals surface area (Å²) >= 11 is 11.3. The van der Waals surface area contributed by atoms with Crippen LogP contribution < -0.4 is 14.2 Å². The first-order chi connectivity index (χ1) is 13.9. The molecular weight excluding hydrogens is 413 g/mol. The van der Waals surface area contributed by atoms with Crippen LogP contribution in [0.4, 0.5) is 0 Å². The number of nitrogens with zero attached hydrogens (tertiary/aromatic N) is 3. The van der Waals surface area contributed by atoms with Crippen LogP contribution in [0.3, 0.4) is 0 Å². The maximum absolute atomic E-state index is 9.27. The number of rotatable bonds is 6. The van der Waals surface area contributed by atoms with Crippen LogP contribution in [-0.4, -0.2) is 9.78 Å². The highest BCUT2D eigenvalue weighted by Gasteiger charge is 2.15. The van der Waals surface area contributed by atoms with Gasteiger partial charge >= 0.3 is 0 Å². The van der Waals surface area contributed by atoms with E-state index < -0.39 is 0 Å². The van der Waals surface area contributed by atoms with Crippen LogP contribution in [0.1, 0.15) is 18.2 Å². The molecule has 0 fully saturated rings. The minimum absolute atomic E-state index is 0.0795. The van der Waals surface area contributed by atoms with Gasteiger partial charge in [-0.15, -0.1) is 0 Å². The fraction of sp³-hybridized carbons (Fsp3) is 0.143. The number of halogens is 2. The summed E-state index contributed by atoms with van der Waals surface area (Å²) in [6.45, 7) is 3.44. The molecule has 0 saturated heterocycles. The third kappa shape index (κ3) is 5.02. The molecule has 0 saturated carbocycles. The Labute approximate surface area is 178 Å². The van der Waals surface area contributed by atoms with E-state index in [1.807, 2.05) is 0 Å². The molecule has 0 spiro atoms. The van der Waals surface area contributed by atoms with Crippen molar-refractivity contribution in [2.45, 2.75) is 13.8 Å². The van der Waals surface area contributed by atoms with Crippen LogP contribution >= 0.6 is 23.2 Å². The highest BCUT2D eigenvalue weighted by Crippen LogP contribution is 2.30. The van der Waals surface area contributed by atoms with Gasteiger partial charge in [-0.05, 0) is 62.4 Å². The Balaban J connectivity index is 1.67. The van der Waals surface area contributed by atoms with Gasteiger partial charge in [-0.2, -0.15) is 10.4 Å². The van der Waals surface area contributed by atoms with Crippen molar-refractivity contribution >= 4 is 23.2 Å². The number of aromatic nitrogens is 2. The number of nitriles is 1. The second-order valence-electron chi connectivity index (χ2n) is 6.07. The molecule has 1 aromatic heterocycles. The summed E-state index contributed by atoms with van der Waals surface area (Å²) in [5.41, 5.74) is 1.03. The molecule has 6 nitrogen and oxygen atoms in total. The van der Waals surface area contributed by atoms with Crippen LogP contribution in [0.15, 0.2) is 58.8 Å². The van der Waals surface area contributed by atoms with Crippen molar-refractivity contribution in [2.75, 3.05) is 0 Å². The lowest BCUT2D eigenvalue weighted by Crippen LogP contribution is -1.96. The summed E-state index contributed by atoms with van der Waals surface area (Å²) in [6, 6.07) is 16.2. The van der Waals surface area contributed by atoms with Gasteiger partial charge in [0, 0.05) is 7.05 Å². The van der Waals surface area contributed by atoms with Crippen molar-refractivity contribution in [3.8, 4) is 34.9 Å². The first-order valence-electron chi connectivity index (χ1n) is 8.56. The lowest BCUT2D eigenvalue weighted by atomic mass is 10.3. The number of allylic oxidation sites excluding steroid dienone is 1. The molecule has 148 valence electrons. The first kappa shape index (κ1) is 20.6. The molecule has 8 heteroatoms. The van der Waals surface area contributed by atoms with E-state index in [2.05, 4.69) is 11.2 Å². The van der Waals surface area contributed by atoms with Crippen molar-refractivity contribution < 1.29 is 14.2 Å². The molecule has 2 aromatic carbocycles. The Morgan fingerprint density at radius 3 is 1.90 bits per heavy atom. The second-order valence-corrected chi connectivity index (χ2v) is 7.02. The SMILES string of the molecule is CC(Oc1ccc(Oc2ccc(Oc3c(C#N)c(C)nn3C)cc2)cc1)=C(Cl)Cl. The van der Waals surface area contributed by atoms with Gasteiger partial charge in [-0.25, -0.2) is 4.68 Å². The third-order valence-corrected chi connectivity index (χ3v) is 4.45. The molecule has 0 unspecified atom stereocenters. The zero-order chi connectivity index (χ0) is 21.0. The summed E-state index contributed by atoms with van der Waals surface area (Å²) in [5.74, 6) is 3.25. The summed E-state index contributed by atoms with van der Waals surface area (Å²) in [7, 11) is 1.73. The lowest BCUT2D eigenvalue weighted by molar-refractivity contribution is 0.424. The summed E-state index contributed by atoms with van der Waals surface area (Å²) < 4.78 is 18.7. The minimum Gasteiger partial charge on any atom is -0.460 e. The van der Waals surface area contributed by atoms with Gasteiger partial charge in [-0.1, -0.05) is 23.2 Å². The van der Waals surface area contributed by atoms with Crippen molar-refractivity contribution in [2.24, 2.45) is 7.05 Å². The van der Waals surface area contributed by atoms with E-state index in [0.717, 1.165) is 0 Å². The van der Waals surface area contributed by atoms with Gasteiger partial charge in [0.25, 0.3) is 0 Å². The zero-order valence-electron chi connectivity index (χ0n) is 15.9. The molecule has 3 aromatic rings. The molecule has 0 aliphatic carbocycles. The summed E-state index contributed by atoms with van der Waals surface area (Å²) in [5, 5.41) is 13.5. The molecule has 0 N–H and O–H groups in total. The van der Waals surface area contributed by atoms with Crippen LogP contribution in [0, 0.1) is 18.3 Å². The molecular formula is C21H17Cl2N3O3. The largest absolute Gasteiger partial charge is 0.460 e. The molecule has 29 heavy (non-hydrogen) atoms. The molecule has 1 heterocycles. The van der Waals surface area contributed by atoms with Gasteiger partial charge in [0.15, 0.2) is 0 Å². The Kier molecular flexibility index (Phi) is 6.32.